The summed E-state index contributed by atoms with van der Waals surface area (Å²) in [6.07, 6.45) is 3.64. The van der Waals surface area contributed by atoms with Gasteiger partial charge < -0.3 is 14.8 Å². The molecule has 0 aliphatic heterocycles. The number of benzene rings is 1. The molecule has 1 aromatic carbocycles. The maximum atomic E-state index is 12.9. The van der Waals surface area contributed by atoms with Gasteiger partial charge >= 0.3 is 5.97 Å². The van der Waals surface area contributed by atoms with Crippen LogP contribution in [0.25, 0.3) is 22.4 Å². The lowest BCUT2D eigenvalue weighted by Crippen LogP contribution is -2.25. The van der Waals surface area contributed by atoms with Crippen LogP contribution in [0, 0.1) is 5.92 Å². The Hall–Kier alpha value is -3.24. The minimum Gasteiger partial charge on any atom is -0.481 e. The van der Waals surface area contributed by atoms with Crippen LogP contribution < -0.4 is 5.32 Å². The molecule has 10 heteroatoms. The molecule has 4 rings (SSSR count). The van der Waals surface area contributed by atoms with E-state index >= 15 is 0 Å². The summed E-state index contributed by atoms with van der Waals surface area (Å²) in [5, 5.41) is 12.4. The van der Waals surface area contributed by atoms with Crippen molar-refractivity contribution in [1.82, 2.24) is 14.6 Å². The van der Waals surface area contributed by atoms with E-state index in [0.29, 0.717) is 35.2 Å². The van der Waals surface area contributed by atoms with Gasteiger partial charge in [-0.1, -0.05) is 38.1 Å². The largest absolute Gasteiger partial charge is 0.481 e. The Morgan fingerprint density at radius 2 is 1.95 bits per heavy atom. The average molecular weight is 528 g/mol. The van der Waals surface area contributed by atoms with Crippen molar-refractivity contribution in [2.45, 2.75) is 58.4 Å². The molecule has 1 unspecified atom stereocenters. The van der Waals surface area contributed by atoms with Crippen LogP contribution in [-0.2, 0) is 28.7 Å². The molecule has 37 heavy (non-hydrogen) atoms. The molecule has 0 saturated heterocycles. The number of fused-ring (bicyclic) bond motifs is 1. The number of hydrogen-bond donors (Lipinski definition) is 3. The second-order valence-corrected chi connectivity index (χ2v) is 10.6. The Morgan fingerprint density at radius 1 is 1.24 bits per heavy atom. The monoisotopic (exact) mass is 527 g/mol. The van der Waals surface area contributed by atoms with Crippen molar-refractivity contribution in [3.8, 4) is 11.3 Å². The summed E-state index contributed by atoms with van der Waals surface area (Å²) in [7, 11) is -1.32. The topological polar surface area (TPSA) is 130 Å². The highest BCUT2D eigenvalue weighted by Gasteiger charge is 2.31. The van der Waals surface area contributed by atoms with Gasteiger partial charge in [-0.05, 0) is 55.2 Å². The summed E-state index contributed by atoms with van der Waals surface area (Å²) in [6.45, 7) is 3.96. The van der Waals surface area contributed by atoms with Crippen LogP contribution >= 0.6 is 0 Å². The van der Waals surface area contributed by atoms with Gasteiger partial charge in [-0.3, -0.25) is 9.59 Å². The molecule has 1 atom stereocenters. The summed E-state index contributed by atoms with van der Waals surface area (Å²) >= 11 is 0. The Bertz CT molecular complexity index is 1370. The lowest BCUT2D eigenvalue weighted by Gasteiger charge is -2.17. The third-order valence-corrected chi connectivity index (χ3v) is 7.73. The van der Waals surface area contributed by atoms with E-state index in [1.54, 1.807) is 14.0 Å². The molecule has 2 heterocycles. The third-order valence-electron chi connectivity index (χ3n) is 6.93. The number of aliphatic carboxylic acids is 1. The number of aromatic nitrogens is 1. The highest BCUT2D eigenvalue weighted by molar-refractivity contribution is 7.69. The zero-order valence-corrected chi connectivity index (χ0v) is 22.2. The SMILES string of the molecule is CCc1ccc(-c2oc3nc(CN(CCCC(C)C(=O)O)[SH](=O)=O)c(C4CC4)cc3c2C(=O)NC)cc1. The van der Waals surface area contributed by atoms with E-state index in [0.717, 1.165) is 30.4 Å². The third kappa shape index (κ3) is 6.02. The average Bonchev–Trinajstić information content (AvgIpc) is 3.67. The van der Waals surface area contributed by atoms with Crippen molar-refractivity contribution >= 4 is 33.9 Å². The number of thiol groups is 1. The van der Waals surface area contributed by atoms with Crippen molar-refractivity contribution in [2.75, 3.05) is 13.6 Å². The predicted octanol–water partition coefficient (Wildman–Crippen LogP) is 4.12. The van der Waals surface area contributed by atoms with Crippen LogP contribution in [0.2, 0.25) is 0 Å². The van der Waals surface area contributed by atoms with Crippen LogP contribution in [0.1, 0.15) is 72.6 Å². The van der Waals surface area contributed by atoms with Gasteiger partial charge in [0, 0.05) is 19.2 Å². The van der Waals surface area contributed by atoms with E-state index in [2.05, 4.69) is 12.2 Å². The number of amides is 1. The van der Waals surface area contributed by atoms with Crippen LogP contribution in [0.5, 0.6) is 0 Å². The molecule has 2 N–H and O–H groups in total. The number of carbonyl (C=O) groups excluding carboxylic acids is 1. The van der Waals surface area contributed by atoms with Gasteiger partial charge in [0.15, 0.2) is 0 Å². The first kappa shape index (κ1) is 26.8. The normalized spacial score (nSPS) is 14.4. The molecule has 1 amide bonds. The van der Waals surface area contributed by atoms with Crippen LogP contribution in [0.4, 0.5) is 0 Å². The number of rotatable bonds is 12. The van der Waals surface area contributed by atoms with Gasteiger partial charge in [0.2, 0.25) is 16.6 Å². The highest BCUT2D eigenvalue weighted by Crippen LogP contribution is 2.44. The standard InChI is InChI=1S/C27H33N3O6S/c1-4-17-7-9-19(10-8-17)24-23(25(31)28-3)21-14-20(18-11-12-18)22(29-26(21)36-24)15-30(37(34)35)13-5-6-16(2)27(32)33/h7-10,14,16,18,37H,4-6,11-13,15H2,1-3H3,(H,28,31)(H,32,33). The highest BCUT2D eigenvalue weighted by atomic mass is 32.2. The van der Waals surface area contributed by atoms with Gasteiger partial charge in [0.1, 0.15) is 5.76 Å². The lowest BCUT2D eigenvalue weighted by molar-refractivity contribution is -0.141. The van der Waals surface area contributed by atoms with Gasteiger partial charge in [0.25, 0.3) is 5.91 Å². The summed E-state index contributed by atoms with van der Waals surface area (Å²) in [5.41, 5.74) is 4.16. The molecular formula is C27H33N3O6S. The fraction of sp³-hybridized carbons (Fsp3) is 0.444. The molecule has 0 radical (unpaired) electrons. The smallest absolute Gasteiger partial charge is 0.306 e. The number of carboxylic acids is 1. The number of aryl methyl sites for hydroxylation is 1. The van der Waals surface area contributed by atoms with E-state index in [9.17, 15) is 18.0 Å². The fourth-order valence-electron chi connectivity index (χ4n) is 4.49. The fourth-order valence-corrected chi connectivity index (χ4v) is 5.04. The molecule has 1 fully saturated rings. The lowest BCUT2D eigenvalue weighted by atomic mass is 10.0. The van der Waals surface area contributed by atoms with E-state index in [1.165, 1.54) is 9.87 Å². The summed E-state index contributed by atoms with van der Waals surface area (Å²) in [5.74, 6) is -1.03. The molecule has 0 bridgehead atoms. The zero-order chi connectivity index (χ0) is 26.7. The first-order valence-corrected chi connectivity index (χ1v) is 13.8. The molecular weight excluding hydrogens is 494 g/mol. The zero-order valence-electron chi connectivity index (χ0n) is 21.3. The molecule has 2 aromatic heterocycles. The van der Waals surface area contributed by atoms with Crippen LogP contribution in [0.15, 0.2) is 34.7 Å². The molecule has 0 spiro atoms. The molecule has 198 valence electrons. The number of furan rings is 1. The summed E-state index contributed by atoms with van der Waals surface area (Å²) in [4.78, 5) is 28.8. The van der Waals surface area contributed by atoms with Gasteiger partial charge in [0.05, 0.1) is 29.1 Å². The molecule has 1 aliphatic rings. The Labute approximate surface area is 218 Å². The number of nitrogens with zero attached hydrogens (tertiary/aromatic N) is 2. The van der Waals surface area contributed by atoms with Crippen molar-refractivity contribution in [2.24, 2.45) is 5.92 Å². The second-order valence-electron chi connectivity index (χ2n) is 9.59. The maximum absolute atomic E-state index is 12.9. The van der Waals surface area contributed by atoms with Crippen LogP contribution in [0.3, 0.4) is 0 Å². The Balaban J connectivity index is 1.73. The minimum absolute atomic E-state index is 0.0679. The van der Waals surface area contributed by atoms with E-state index in [1.807, 2.05) is 30.3 Å². The summed E-state index contributed by atoms with van der Waals surface area (Å²) in [6, 6.07) is 9.77. The molecule has 1 aliphatic carbocycles. The Kier molecular flexibility index (Phi) is 8.29. The Morgan fingerprint density at radius 3 is 2.51 bits per heavy atom. The second kappa shape index (κ2) is 11.4. The predicted molar refractivity (Wildman–Crippen MR) is 141 cm³/mol. The van der Waals surface area contributed by atoms with Gasteiger partial charge in [-0.15, -0.1) is 0 Å². The number of carbonyl (C=O) groups is 2. The summed E-state index contributed by atoms with van der Waals surface area (Å²) < 4.78 is 31.5. The van der Waals surface area contributed by atoms with Gasteiger partial charge in [-0.25, -0.2) is 13.4 Å². The minimum atomic E-state index is -2.89. The van der Waals surface area contributed by atoms with Crippen molar-refractivity contribution < 1.29 is 27.5 Å². The van der Waals surface area contributed by atoms with E-state index in [4.69, 9.17) is 14.5 Å². The first-order chi connectivity index (χ1) is 17.7. The van der Waals surface area contributed by atoms with Crippen molar-refractivity contribution in [3.05, 3.63) is 52.7 Å². The maximum Gasteiger partial charge on any atom is 0.306 e. The molecule has 9 nitrogen and oxygen atoms in total. The number of carboxylic acid groups (broad SMARTS) is 1. The van der Waals surface area contributed by atoms with Crippen molar-refractivity contribution in [3.63, 3.8) is 0 Å². The molecule has 1 saturated carbocycles. The number of hydrogen-bond acceptors (Lipinski definition) is 6. The number of nitrogens with one attached hydrogen (secondary N) is 1. The quantitative estimate of drug-likeness (QED) is 0.302. The number of pyridine rings is 1. The molecule has 3 aromatic rings. The first-order valence-electron chi connectivity index (χ1n) is 12.6. The van der Waals surface area contributed by atoms with Gasteiger partial charge in [-0.2, -0.15) is 4.31 Å². The van der Waals surface area contributed by atoms with E-state index in [-0.39, 0.29) is 30.6 Å². The van der Waals surface area contributed by atoms with Crippen LogP contribution in [-0.4, -0.2) is 48.3 Å². The van der Waals surface area contributed by atoms with Crippen molar-refractivity contribution in [1.29, 1.82) is 0 Å². The van der Waals surface area contributed by atoms with E-state index < -0.39 is 22.8 Å².